The normalized spacial score (nSPS) is 24.9. The fourth-order valence-electron chi connectivity index (χ4n) is 5.71. The number of phenolic OH excluding ortho intramolecular Hbond substituents is 1. The van der Waals surface area contributed by atoms with Crippen molar-refractivity contribution in [3.63, 3.8) is 0 Å². The highest BCUT2D eigenvalue weighted by Crippen LogP contribution is 2.39. The maximum absolute atomic E-state index is 15.5. The van der Waals surface area contributed by atoms with Gasteiger partial charge < -0.3 is 24.8 Å². The lowest BCUT2D eigenvalue weighted by Gasteiger charge is -2.46. The molecule has 9 nitrogen and oxygen atoms in total. The number of alkyl halides is 1. The molecule has 3 aliphatic rings. The van der Waals surface area contributed by atoms with Gasteiger partial charge in [0.1, 0.15) is 17.6 Å². The molecule has 3 fully saturated rings. The van der Waals surface area contributed by atoms with Crippen molar-refractivity contribution < 1.29 is 19.0 Å². The molecule has 0 amide bonds. The standard InChI is InChI=1S/C27H31FN6O3/c1-36-24-11-16(13-29-26(24)37-2)15-6-9-19(23(35)10-15)21-14-30-27(33-32-21)34(18-7-8-18)22-12-17-4-3-5-20(31-17)25(22)28/h6,9-11,13-14,17-18,20,22,25,31,35H,3-5,7-8,12H2,1-2H3/t17-,20+,22-,25+/m1/s1. The zero-order valence-corrected chi connectivity index (χ0v) is 21.0. The van der Waals surface area contributed by atoms with E-state index >= 15 is 4.39 Å². The average Bonchev–Trinajstić information content (AvgIpc) is 3.77. The molecule has 4 atom stereocenters. The first-order chi connectivity index (χ1) is 18.1. The van der Waals surface area contributed by atoms with Crippen LogP contribution in [0, 0.1) is 0 Å². The van der Waals surface area contributed by atoms with Gasteiger partial charge in [0, 0.05) is 35.4 Å². The van der Waals surface area contributed by atoms with Gasteiger partial charge in [0.25, 0.3) is 5.88 Å². The van der Waals surface area contributed by atoms with Crippen molar-refractivity contribution in [2.75, 3.05) is 19.1 Å². The molecule has 1 saturated carbocycles. The summed E-state index contributed by atoms with van der Waals surface area (Å²) in [6, 6.07) is 7.37. The Balaban J connectivity index is 1.25. The van der Waals surface area contributed by atoms with Crippen LogP contribution in [0.25, 0.3) is 22.4 Å². The van der Waals surface area contributed by atoms with Gasteiger partial charge in [0.2, 0.25) is 5.95 Å². The second-order valence-electron chi connectivity index (χ2n) is 10.1. The largest absolute Gasteiger partial charge is 0.507 e. The fourth-order valence-corrected chi connectivity index (χ4v) is 5.71. The molecule has 194 valence electrons. The Morgan fingerprint density at radius 2 is 1.86 bits per heavy atom. The zero-order valence-electron chi connectivity index (χ0n) is 21.0. The lowest BCUT2D eigenvalue weighted by Crippen LogP contribution is -2.62. The number of rotatable bonds is 7. The van der Waals surface area contributed by atoms with Crippen molar-refractivity contribution in [1.29, 1.82) is 0 Å². The molecule has 0 unspecified atom stereocenters. The van der Waals surface area contributed by atoms with Gasteiger partial charge in [-0.15, -0.1) is 10.2 Å². The number of ether oxygens (including phenoxy) is 2. The Morgan fingerprint density at radius 1 is 1.00 bits per heavy atom. The number of benzene rings is 1. The molecule has 1 aromatic carbocycles. The highest BCUT2D eigenvalue weighted by Gasteiger charge is 2.47. The van der Waals surface area contributed by atoms with E-state index in [0.717, 1.165) is 49.7 Å². The van der Waals surface area contributed by atoms with Crippen LogP contribution < -0.4 is 19.7 Å². The molecule has 2 saturated heterocycles. The first-order valence-corrected chi connectivity index (χ1v) is 12.9. The maximum Gasteiger partial charge on any atom is 0.256 e. The summed E-state index contributed by atoms with van der Waals surface area (Å²) in [7, 11) is 3.08. The number of hydrogen-bond donors (Lipinski definition) is 2. The monoisotopic (exact) mass is 506 g/mol. The Hall–Kier alpha value is -3.53. The molecule has 3 aromatic rings. The van der Waals surface area contributed by atoms with Gasteiger partial charge in [0.05, 0.1) is 26.5 Å². The summed E-state index contributed by atoms with van der Waals surface area (Å²) < 4.78 is 26.0. The van der Waals surface area contributed by atoms with E-state index in [2.05, 4.69) is 30.4 Å². The van der Waals surface area contributed by atoms with Crippen molar-refractivity contribution >= 4 is 5.95 Å². The molecule has 0 radical (unpaired) electrons. The molecule has 2 N–H and O–H groups in total. The highest BCUT2D eigenvalue weighted by atomic mass is 19.1. The summed E-state index contributed by atoms with van der Waals surface area (Å²) >= 11 is 0. The van der Waals surface area contributed by atoms with E-state index in [1.54, 1.807) is 37.7 Å². The molecule has 10 heteroatoms. The summed E-state index contributed by atoms with van der Waals surface area (Å²) in [6.07, 6.45) is 8.15. The van der Waals surface area contributed by atoms with Crippen LogP contribution in [0.4, 0.5) is 10.3 Å². The predicted molar refractivity (Wildman–Crippen MR) is 137 cm³/mol. The first kappa shape index (κ1) is 23.8. The molecule has 0 spiro atoms. The lowest BCUT2D eigenvalue weighted by molar-refractivity contribution is 0.103. The predicted octanol–water partition coefficient (Wildman–Crippen LogP) is 3.91. The minimum absolute atomic E-state index is 0.0465. The summed E-state index contributed by atoms with van der Waals surface area (Å²) in [5.74, 6) is 1.40. The van der Waals surface area contributed by atoms with E-state index < -0.39 is 6.17 Å². The zero-order chi connectivity index (χ0) is 25.5. The molecule has 2 aromatic heterocycles. The number of aromatic hydroxyl groups is 1. The first-order valence-electron chi connectivity index (χ1n) is 12.9. The Morgan fingerprint density at radius 3 is 2.57 bits per heavy atom. The van der Waals surface area contributed by atoms with Crippen LogP contribution in [-0.4, -0.2) is 69.8 Å². The number of fused-ring (bicyclic) bond motifs is 2. The average molecular weight is 507 g/mol. The third-order valence-corrected chi connectivity index (χ3v) is 7.71. The lowest BCUT2D eigenvalue weighted by atomic mass is 9.82. The minimum Gasteiger partial charge on any atom is -0.507 e. The molecule has 2 bridgehead atoms. The van der Waals surface area contributed by atoms with E-state index in [0.29, 0.717) is 34.9 Å². The van der Waals surface area contributed by atoms with Crippen molar-refractivity contribution in [2.24, 2.45) is 0 Å². The van der Waals surface area contributed by atoms with Gasteiger partial charge >= 0.3 is 0 Å². The molecule has 4 heterocycles. The number of anilines is 1. The number of halogens is 1. The van der Waals surface area contributed by atoms with Crippen LogP contribution in [0.15, 0.2) is 36.7 Å². The molecule has 6 rings (SSSR count). The molecular weight excluding hydrogens is 475 g/mol. The van der Waals surface area contributed by atoms with Crippen molar-refractivity contribution in [3.8, 4) is 39.8 Å². The van der Waals surface area contributed by atoms with Gasteiger partial charge in [-0.3, -0.25) is 0 Å². The fraction of sp³-hybridized carbons (Fsp3) is 0.481. The number of hydrogen-bond acceptors (Lipinski definition) is 9. The van der Waals surface area contributed by atoms with Crippen LogP contribution in [0.3, 0.4) is 0 Å². The Bertz CT molecular complexity index is 1270. The van der Waals surface area contributed by atoms with E-state index in [9.17, 15) is 5.11 Å². The van der Waals surface area contributed by atoms with Gasteiger partial charge in [-0.2, -0.15) is 0 Å². The molecule has 37 heavy (non-hydrogen) atoms. The number of pyridine rings is 1. The van der Waals surface area contributed by atoms with E-state index in [1.165, 1.54) is 7.11 Å². The topological polar surface area (TPSA) is 106 Å². The number of phenols is 1. The maximum atomic E-state index is 15.5. The van der Waals surface area contributed by atoms with Gasteiger partial charge in [-0.25, -0.2) is 14.4 Å². The number of aromatic nitrogens is 4. The van der Waals surface area contributed by atoms with Crippen LogP contribution in [0.2, 0.25) is 0 Å². The van der Waals surface area contributed by atoms with E-state index in [4.69, 9.17) is 9.47 Å². The van der Waals surface area contributed by atoms with Gasteiger partial charge in [-0.05, 0) is 55.9 Å². The van der Waals surface area contributed by atoms with Crippen LogP contribution in [0.1, 0.15) is 38.5 Å². The van der Waals surface area contributed by atoms with Gasteiger partial charge in [-0.1, -0.05) is 12.5 Å². The van der Waals surface area contributed by atoms with Crippen molar-refractivity contribution in [1.82, 2.24) is 25.5 Å². The van der Waals surface area contributed by atoms with Crippen molar-refractivity contribution in [3.05, 3.63) is 36.7 Å². The SMILES string of the molecule is COc1cc(-c2ccc(-c3cnc(N(C4CC4)[C@@H]4C[C@H]5CCC[C@H](N5)[C@@H]4F)nn3)c(O)c2)cnc1OC. The Labute approximate surface area is 215 Å². The van der Waals surface area contributed by atoms with Crippen molar-refractivity contribution in [2.45, 2.75) is 68.9 Å². The van der Waals surface area contributed by atoms with E-state index in [1.807, 2.05) is 6.07 Å². The highest BCUT2D eigenvalue weighted by molar-refractivity contribution is 5.74. The summed E-state index contributed by atoms with van der Waals surface area (Å²) in [6.45, 7) is 0. The smallest absolute Gasteiger partial charge is 0.256 e. The van der Waals surface area contributed by atoms with Crippen LogP contribution in [-0.2, 0) is 0 Å². The number of piperidine rings is 2. The summed E-state index contributed by atoms with van der Waals surface area (Å²) in [5.41, 5.74) is 2.50. The minimum atomic E-state index is -0.955. The number of methoxy groups -OCH3 is 2. The molecule has 2 aliphatic heterocycles. The van der Waals surface area contributed by atoms with Crippen LogP contribution in [0.5, 0.6) is 17.4 Å². The third-order valence-electron chi connectivity index (χ3n) is 7.71. The quantitative estimate of drug-likeness (QED) is 0.493. The second kappa shape index (κ2) is 9.74. The van der Waals surface area contributed by atoms with Crippen LogP contribution >= 0.6 is 0 Å². The summed E-state index contributed by atoms with van der Waals surface area (Å²) in [4.78, 5) is 10.9. The van der Waals surface area contributed by atoms with Gasteiger partial charge in [0.15, 0.2) is 5.75 Å². The Kier molecular flexibility index (Phi) is 6.27. The van der Waals surface area contributed by atoms with E-state index in [-0.39, 0.29) is 23.9 Å². The number of nitrogens with zero attached hydrogens (tertiary/aromatic N) is 5. The second-order valence-corrected chi connectivity index (χ2v) is 10.1. The molecule has 1 aliphatic carbocycles. The third kappa shape index (κ3) is 4.54. The number of nitrogens with one attached hydrogen (secondary N) is 1. The summed E-state index contributed by atoms with van der Waals surface area (Å²) in [5, 5.41) is 23.1. The molecular formula is C27H31FN6O3.